The Balaban J connectivity index is 2.53. The molecule has 0 heterocycles. The van der Waals surface area contributed by atoms with Crippen molar-refractivity contribution in [1.29, 1.82) is 0 Å². The normalized spacial score (nSPS) is 23.9. The topological polar surface area (TPSA) is 55.6 Å². The molecular formula is C16H32N2O2. The highest BCUT2D eigenvalue weighted by Crippen LogP contribution is 2.24. The Kier molecular flexibility index (Phi) is 6.96. The Labute approximate surface area is 124 Å². The van der Waals surface area contributed by atoms with Crippen LogP contribution < -0.4 is 5.73 Å². The zero-order chi connectivity index (χ0) is 15.2. The molecule has 0 aromatic rings. The minimum absolute atomic E-state index is 0.0254. The van der Waals surface area contributed by atoms with Gasteiger partial charge in [0.2, 0.25) is 0 Å². The highest BCUT2D eigenvalue weighted by atomic mass is 16.7. The molecule has 0 unspecified atom stereocenters. The number of carbonyl (C=O) groups is 1. The number of carbonyl (C=O) groups excluding carboxylic acids is 1. The first-order valence-electron chi connectivity index (χ1n) is 8.05. The van der Waals surface area contributed by atoms with Gasteiger partial charge in [0.15, 0.2) is 0 Å². The molecule has 2 N–H and O–H groups in total. The summed E-state index contributed by atoms with van der Waals surface area (Å²) in [7, 11) is 0. The summed E-state index contributed by atoms with van der Waals surface area (Å²) >= 11 is 0. The van der Waals surface area contributed by atoms with Gasteiger partial charge in [-0.1, -0.05) is 34.1 Å². The zero-order valence-electron chi connectivity index (χ0n) is 13.7. The van der Waals surface area contributed by atoms with Crippen LogP contribution in [0.25, 0.3) is 0 Å². The molecule has 0 aromatic heterocycles. The van der Waals surface area contributed by atoms with E-state index in [4.69, 9.17) is 10.6 Å². The molecule has 0 spiro atoms. The second kappa shape index (κ2) is 7.99. The van der Waals surface area contributed by atoms with Crippen LogP contribution in [0.2, 0.25) is 0 Å². The van der Waals surface area contributed by atoms with Crippen LogP contribution in [-0.4, -0.2) is 29.7 Å². The van der Waals surface area contributed by atoms with E-state index in [9.17, 15) is 4.79 Å². The third-order valence-corrected chi connectivity index (χ3v) is 3.77. The fourth-order valence-corrected chi connectivity index (χ4v) is 2.60. The third-order valence-electron chi connectivity index (χ3n) is 3.77. The lowest BCUT2D eigenvalue weighted by atomic mass is 9.91. The maximum atomic E-state index is 12.1. The van der Waals surface area contributed by atoms with E-state index in [2.05, 4.69) is 27.7 Å². The van der Waals surface area contributed by atoms with Gasteiger partial charge in [-0.25, -0.2) is 0 Å². The molecule has 1 aliphatic rings. The molecule has 4 nitrogen and oxygen atoms in total. The van der Waals surface area contributed by atoms with Crippen LogP contribution in [0.3, 0.4) is 0 Å². The molecule has 20 heavy (non-hydrogen) atoms. The number of hydrogen-bond acceptors (Lipinski definition) is 4. The van der Waals surface area contributed by atoms with Gasteiger partial charge in [-0.3, -0.25) is 4.79 Å². The molecule has 1 fully saturated rings. The van der Waals surface area contributed by atoms with Crippen LogP contribution in [0.4, 0.5) is 0 Å². The van der Waals surface area contributed by atoms with E-state index >= 15 is 0 Å². The Morgan fingerprint density at radius 3 is 2.35 bits per heavy atom. The fraction of sp³-hybridized carbons (Fsp3) is 0.938. The molecule has 0 radical (unpaired) electrons. The molecule has 0 aliphatic heterocycles. The second-order valence-corrected chi connectivity index (χ2v) is 7.26. The van der Waals surface area contributed by atoms with E-state index in [-0.39, 0.29) is 11.4 Å². The largest absolute Gasteiger partial charge is 0.368 e. The van der Waals surface area contributed by atoms with E-state index in [0.717, 1.165) is 45.1 Å². The summed E-state index contributed by atoms with van der Waals surface area (Å²) in [5.74, 6) is -0.108. The highest BCUT2D eigenvalue weighted by Gasteiger charge is 2.28. The van der Waals surface area contributed by atoms with Crippen LogP contribution in [0.15, 0.2) is 0 Å². The molecule has 118 valence electrons. The van der Waals surface area contributed by atoms with Crippen LogP contribution in [0.5, 0.6) is 0 Å². The smallest absolute Gasteiger partial charge is 0.325 e. The first-order valence-corrected chi connectivity index (χ1v) is 8.05. The van der Waals surface area contributed by atoms with Gasteiger partial charge < -0.3 is 10.6 Å². The van der Waals surface area contributed by atoms with Crippen molar-refractivity contribution in [2.45, 2.75) is 84.7 Å². The fourth-order valence-electron chi connectivity index (χ4n) is 2.60. The van der Waals surface area contributed by atoms with Gasteiger partial charge in [-0.15, -0.1) is 5.06 Å². The lowest BCUT2D eigenvalue weighted by molar-refractivity contribution is -0.207. The molecular weight excluding hydrogens is 252 g/mol. The number of rotatable bonds is 6. The molecule has 1 aliphatic carbocycles. The van der Waals surface area contributed by atoms with Gasteiger partial charge in [0.25, 0.3) is 0 Å². The molecule has 0 atom stereocenters. The van der Waals surface area contributed by atoms with Gasteiger partial charge in [0.1, 0.15) is 0 Å². The van der Waals surface area contributed by atoms with E-state index < -0.39 is 0 Å². The monoisotopic (exact) mass is 284 g/mol. The third kappa shape index (κ3) is 6.71. The Hall–Kier alpha value is -0.610. The first kappa shape index (κ1) is 17.4. The van der Waals surface area contributed by atoms with Crippen molar-refractivity contribution >= 4 is 5.97 Å². The molecule has 4 heteroatoms. The lowest BCUT2D eigenvalue weighted by Crippen LogP contribution is -2.42. The Morgan fingerprint density at radius 1 is 1.25 bits per heavy atom. The predicted molar refractivity (Wildman–Crippen MR) is 82.0 cm³/mol. The van der Waals surface area contributed by atoms with Gasteiger partial charge in [-0.2, -0.15) is 0 Å². The number of hydrogen-bond donors (Lipinski definition) is 1. The van der Waals surface area contributed by atoms with Crippen LogP contribution >= 0.6 is 0 Å². The zero-order valence-corrected chi connectivity index (χ0v) is 13.7. The average Bonchev–Trinajstić information content (AvgIpc) is 2.33. The van der Waals surface area contributed by atoms with Crippen molar-refractivity contribution in [3.63, 3.8) is 0 Å². The highest BCUT2D eigenvalue weighted by molar-refractivity contribution is 5.69. The maximum Gasteiger partial charge on any atom is 0.325 e. The Bertz CT molecular complexity index is 291. The minimum atomic E-state index is -0.108. The van der Waals surface area contributed by atoms with Crippen LogP contribution in [0.1, 0.15) is 72.6 Å². The number of nitrogens with zero attached hydrogens (tertiary/aromatic N) is 1. The quantitative estimate of drug-likeness (QED) is 0.761. The van der Waals surface area contributed by atoms with E-state index in [1.54, 1.807) is 0 Å². The van der Waals surface area contributed by atoms with E-state index in [1.165, 1.54) is 0 Å². The van der Waals surface area contributed by atoms with E-state index in [1.807, 2.05) is 5.06 Å². The number of unbranched alkanes of at least 4 members (excludes halogenated alkanes) is 1. The van der Waals surface area contributed by atoms with Crippen molar-refractivity contribution in [2.24, 2.45) is 11.1 Å². The van der Waals surface area contributed by atoms with Crippen molar-refractivity contribution in [2.75, 3.05) is 6.54 Å². The Morgan fingerprint density at radius 2 is 1.85 bits per heavy atom. The molecule has 1 rings (SSSR count). The summed E-state index contributed by atoms with van der Waals surface area (Å²) in [6.45, 7) is 9.18. The molecule has 0 amide bonds. The van der Waals surface area contributed by atoms with Crippen molar-refractivity contribution in [1.82, 2.24) is 5.06 Å². The summed E-state index contributed by atoms with van der Waals surface area (Å²) in [4.78, 5) is 17.7. The summed E-state index contributed by atoms with van der Waals surface area (Å²) < 4.78 is 0. The summed E-state index contributed by atoms with van der Waals surface area (Å²) in [6.07, 6.45) is 6.77. The molecule has 1 saturated carbocycles. The summed E-state index contributed by atoms with van der Waals surface area (Å²) in [6, 6.07) is 0.676. The lowest BCUT2D eigenvalue weighted by Gasteiger charge is -2.34. The van der Waals surface area contributed by atoms with Gasteiger partial charge in [0, 0.05) is 18.6 Å². The van der Waals surface area contributed by atoms with Crippen LogP contribution in [0, 0.1) is 5.41 Å². The average molecular weight is 284 g/mol. The SMILES string of the molecule is CCCCN(OC(=O)CC(C)(C)C)C1CCC(N)CC1. The maximum absolute atomic E-state index is 12.1. The summed E-state index contributed by atoms with van der Waals surface area (Å²) in [5, 5.41) is 1.93. The summed E-state index contributed by atoms with van der Waals surface area (Å²) in [5.41, 5.74) is 5.93. The van der Waals surface area contributed by atoms with E-state index in [0.29, 0.717) is 18.5 Å². The minimum Gasteiger partial charge on any atom is -0.368 e. The number of nitrogens with two attached hydrogens (primary N) is 1. The second-order valence-electron chi connectivity index (χ2n) is 7.26. The van der Waals surface area contributed by atoms with Gasteiger partial charge >= 0.3 is 5.97 Å². The molecule has 0 saturated heterocycles. The number of hydroxylamine groups is 2. The first-order chi connectivity index (χ1) is 9.31. The van der Waals surface area contributed by atoms with Crippen molar-refractivity contribution in [3.8, 4) is 0 Å². The molecule has 0 bridgehead atoms. The predicted octanol–water partition coefficient (Wildman–Crippen LogP) is 3.25. The van der Waals surface area contributed by atoms with Crippen LogP contribution in [-0.2, 0) is 9.63 Å². The molecule has 0 aromatic carbocycles. The standard InChI is InChI=1S/C16H32N2O2/c1-5-6-11-18(14-9-7-13(17)8-10-14)20-15(19)12-16(2,3)4/h13-14H,5-12,17H2,1-4H3. The van der Waals surface area contributed by atoms with Crippen molar-refractivity contribution in [3.05, 3.63) is 0 Å². The van der Waals surface area contributed by atoms with Gasteiger partial charge in [0.05, 0.1) is 6.42 Å². The van der Waals surface area contributed by atoms with Crippen molar-refractivity contribution < 1.29 is 9.63 Å². The van der Waals surface area contributed by atoms with Gasteiger partial charge in [-0.05, 0) is 37.5 Å².